The third kappa shape index (κ3) is 3.56. The van der Waals surface area contributed by atoms with E-state index in [0.29, 0.717) is 16.8 Å². The lowest BCUT2D eigenvalue weighted by Crippen LogP contribution is -2.29. The number of anilines is 1. The van der Waals surface area contributed by atoms with Crippen LogP contribution >= 0.6 is 0 Å². The molecule has 3 aromatic rings. The van der Waals surface area contributed by atoms with Crippen molar-refractivity contribution in [2.24, 2.45) is 0 Å². The van der Waals surface area contributed by atoms with Crippen LogP contribution in [0, 0.1) is 11.3 Å². The van der Waals surface area contributed by atoms with E-state index in [2.05, 4.69) is 5.32 Å². The summed E-state index contributed by atoms with van der Waals surface area (Å²) in [7, 11) is 0. The number of nitrogens with zero attached hydrogens (tertiary/aromatic N) is 2. The Bertz CT molecular complexity index is 1280. The van der Waals surface area contributed by atoms with Crippen LogP contribution in [0.25, 0.3) is 11.1 Å². The third-order valence-electron chi connectivity index (χ3n) is 4.91. The molecule has 1 aliphatic rings. The van der Waals surface area contributed by atoms with E-state index in [9.17, 15) is 24.6 Å². The zero-order valence-corrected chi connectivity index (χ0v) is 16.0. The topological polar surface area (TPSA) is 131 Å². The number of rotatable bonds is 4. The second-order valence-corrected chi connectivity index (χ2v) is 6.85. The van der Waals surface area contributed by atoms with Gasteiger partial charge in [0.1, 0.15) is 6.54 Å². The summed E-state index contributed by atoms with van der Waals surface area (Å²) in [5, 5.41) is 30.5. The minimum atomic E-state index is -0.570. The summed E-state index contributed by atoms with van der Waals surface area (Å²) < 4.78 is 0. The zero-order chi connectivity index (χ0) is 22.1. The molecule has 0 saturated carbocycles. The van der Waals surface area contributed by atoms with Crippen molar-refractivity contribution in [3.05, 3.63) is 77.4 Å². The summed E-state index contributed by atoms with van der Waals surface area (Å²) in [5.74, 6) is -1.97. The Morgan fingerprint density at radius 1 is 0.871 bits per heavy atom. The van der Waals surface area contributed by atoms with Gasteiger partial charge < -0.3 is 15.5 Å². The molecule has 0 unspecified atom stereocenters. The van der Waals surface area contributed by atoms with Crippen LogP contribution in [-0.2, 0) is 0 Å². The van der Waals surface area contributed by atoms with Crippen LogP contribution < -0.4 is 5.32 Å². The molecule has 0 saturated heterocycles. The van der Waals surface area contributed by atoms with Crippen molar-refractivity contribution < 1.29 is 24.6 Å². The highest BCUT2D eigenvalue weighted by atomic mass is 16.3. The largest absolute Gasteiger partial charge is 0.504 e. The number of hydrogen-bond acceptors (Lipinski definition) is 6. The number of nitriles is 1. The number of imide groups is 1. The molecule has 0 fully saturated rings. The van der Waals surface area contributed by atoms with Gasteiger partial charge in [-0.25, -0.2) is 0 Å². The molecule has 152 valence electrons. The highest BCUT2D eigenvalue weighted by Crippen LogP contribution is 2.31. The molecule has 8 heteroatoms. The molecular weight excluding hydrogens is 398 g/mol. The van der Waals surface area contributed by atoms with Gasteiger partial charge in [-0.3, -0.25) is 19.3 Å². The van der Waals surface area contributed by atoms with Crippen molar-refractivity contribution in [3.8, 4) is 28.7 Å². The fraction of sp³-hybridized carbons (Fsp3) is 0.0435. The number of phenols is 2. The molecule has 3 N–H and O–H groups in total. The van der Waals surface area contributed by atoms with Crippen LogP contribution in [0.3, 0.4) is 0 Å². The summed E-state index contributed by atoms with van der Waals surface area (Å²) in [6, 6.07) is 17.2. The first-order valence-electron chi connectivity index (χ1n) is 9.20. The Morgan fingerprint density at radius 3 is 2.23 bits per heavy atom. The van der Waals surface area contributed by atoms with E-state index < -0.39 is 17.7 Å². The molecule has 1 heterocycles. The second kappa shape index (κ2) is 7.65. The first kappa shape index (κ1) is 19.7. The Hall–Kier alpha value is -4.64. The minimum Gasteiger partial charge on any atom is -0.504 e. The van der Waals surface area contributed by atoms with Gasteiger partial charge in [0.15, 0.2) is 11.5 Å². The summed E-state index contributed by atoms with van der Waals surface area (Å²) in [6.07, 6.45) is 0. The van der Waals surface area contributed by atoms with Crippen LogP contribution in [0.15, 0.2) is 60.7 Å². The molecule has 3 amide bonds. The standard InChI is InChI=1S/C23H15N3O5/c24-9-10-26-22(30)17-7-6-16(12-18(17)23(26)31)25-21(29)14-3-1-13(2-4-14)15-5-8-19(27)20(28)11-15/h1-8,11-12,27-28H,10H2,(H,25,29). The van der Waals surface area contributed by atoms with E-state index in [0.717, 1.165) is 10.5 Å². The minimum absolute atomic E-state index is 0.139. The number of benzene rings is 3. The molecule has 0 aliphatic carbocycles. The van der Waals surface area contributed by atoms with Gasteiger partial charge in [-0.15, -0.1) is 0 Å². The van der Waals surface area contributed by atoms with Gasteiger partial charge in [0, 0.05) is 11.3 Å². The Kier molecular flexibility index (Phi) is 4.85. The number of phenolic OH excluding ortho intramolecular Hbond substituents is 2. The quantitative estimate of drug-likeness (QED) is 0.342. The summed E-state index contributed by atoms with van der Waals surface area (Å²) in [4.78, 5) is 37.9. The smallest absolute Gasteiger partial charge is 0.262 e. The number of hydrogen-bond donors (Lipinski definition) is 3. The molecule has 0 spiro atoms. The summed E-state index contributed by atoms with van der Waals surface area (Å²) in [5.41, 5.74) is 2.45. The van der Waals surface area contributed by atoms with E-state index in [1.165, 1.54) is 30.3 Å². The maximum Gasteiger partial charge on any atom is 0.262 e. The van der Waals surface area contributed by atoms with Crippen LogP contribution in [0.1, 0.15) is 31.1 Å². The Morgan fingerprint density at radius 2 is 1.55 bits per heavy atom. The van der Waals surface area contributed by atoms with Gasteiger partial charge >= 0.3 is 0 Å². The Labute approximate surface area is 176 Å². The fourth-order valence-electron chi connectivity index (χ4n) is 3.30. The van der Waals surface area contributed by atoms with Crippen molar-refractivity contribution in [3.63, 3.8) is 0 Å². The number of aromatic hydroxyl groups is 2. The monoisotopic (exact) mass is 413 g/mol. The molecule has 8 nitrogen and oxygen atoms in total. The molecule has 4 rings (SSSR count). The van der Waals surface area contributed by atoms with Gasteiger partial charge in [0.2, 0.25) is 0 Å². The first-order valence-corrected chi connectivity index (χ1v) is 9.20. The van der Waals surface area contributed by atoms with Gasteiger partial charge in [-0.1, -0.05) is 18.2 Å². The first-order chi connectivity index (χ1) is 14.9. The SMILES string of the molecule is N#CCN1C(=O)c2ccc(NC(=O)c3ccc(-c4ccc(O)c(O)c4)cc3)cc2C1=O. The number of fused-ring (bicyclic) bond motifs is 1. The maximum absolute atomic E-state index is 12.6. The van der Waals surface area contributed by atoms with Crippen LogP contribution in [0.5, 0.6) is 11.5 Å². The van der Waals surface area contributed by atoms with Gasteiger partial charge in [-0.05, 0) is 53.6 Å². The molecule has 3 aromatic carbocycles. The zero-order valence-electron chi connectivity index (χ0n) is 16.0. The van der Waals surface area contributed by atoms with Crippen LogP contribution in [0.2, 0.25) is 0 Å². The highest BCUT2D eigenvalue weighted by molar-refractivity contribution is 6.22. The van der Waals surface area contributed by atoms with Crippen molar-refractivity contribution in [1.82, 2.24) is 4.90 Å². The lowest BCUT2D eigenvalue weighted by atomic mass is 10.0. The third-order valence-corrected chi connectivity index (χ3v) is 4.91. The average Bonchev–Trinajstić information content (AvgIpc) is 3.00. The van der Waals surface area contributed by atoms with Gasteiger partial charge in [0.25, 0.3) is 17.7 Å². The van der Waals surface area contributed by atoms with Gasteiger partial charge in [0.05, 0.1) is 17.2 Å². The lowest BCUT2D eigenvalue weighted by Gasteiger charge is -2.08. The highest BCUT2D eigenvalue weighted by Gasteiger charge is 2.35. The van der Waals surface area contributed by atoms with E-state index in [-0.39, 0.29) is 29.2 Å². The molecule has 0 radical (unpaired) electrons. The fourth-order valence-corrected chi connectivity index (χ4v) is 3.30. The predicted molar refractivity (Wildman–Crippen MR) is 111 cm³/mol. The van der Waals surface area contributed by atoms with Crippen molar-refractivity contribution in [2.75, 3.05) is 11.9 Å². The molecule has 0 aromatic heterocycles. The van der Waals surface area contributed by atoms with E-state index in [1.54, 1.807) is 36.4 Å². The number of amides is 3. The number of nitrogens with one attached hydrogen (secondary N) is 1. The van der Waals surface area contributed by atoms with Crippen LogP contribution in [0.4, 0.5) is 5.69 Å². The Balaban J connectivity index is 1.52. The molecular formula is C23H15N3O5. The van der Waals surface area contributed by atoms with Crippen molar-refractivity contribution in [1.29, 1.82) is 5.26 Å². The predicted octanol–water partition coefficient (Wildman–Crippen LogP) is 3.14. The molecule has 31 heavy (non-hydrogen) atoms. The molecule has 0 atom stereocenters. The lowest BCUT2D eigenvalue weighted by molar-refractivity contribution is 0.0673. The summed E-state index contributed by atoms with van der Waals surface area (Å²) >= 11 is 0. The maximum atomic E-state index is 12.6. The number of carbonyl (C=O) groups is 3. The van der Waals surface area contributed by atoms with Crippen molar-refractivity contribution in [2.45, 2.75) is 0 Å². The molecule has 1 aliphatic heterocycles. The van der Waals surface area contributed by atoms with E-state index >= 15 is 0 Å². The van der Waals surface area contributed by atoms with E-state index in [4.69, 9.17) is 5.26 Å². The average molecular weight is 413 g/mol. The second-order valence-electron chi connectivity index (χ2n) is 6.85. The normalized spacial score (nSPS) is 12.4. The van der Waals surface area contributed by atoms with E-state index in [1.807, 2.05) is 0 Å². The number of carbonyl (C=O) groups excluding carboxylic acids is 3. The molecule has 0 bridgehead atoms. The van der Waals surface area contributed by atoms with Crippen molar-refractivity contribution >= 4 is 23.4 Å². The summed E-state index contributed by atoms with van der Waals surface area (Å²) in [6.45, 7) is -0.334. The van der Waals surface area contributed by atoms with Gasteiger partial charge in [-0.2, -0.15) is 5.26 Å². The van der Waals surface area contributed by atoms with Crippen LogP contribution in [-0.4, -0.2) is 39.4 Å².